The molecule has 0 aromatic carbocycles. The van der Waals surface area contributed by atoms with E-state index in [1.54, 1.807) is 0 Å². The van der Waals surface area contributed by atoms with Crippen molar-refractivity contribution in [1.29, 1.82) is 0 Å². The molecule has 2 atom stereocenters. The predicted molar refractivity (Wildman–Crippen MR) is 64.3 cm³/mol. The van der Waals surface area contributed by atoms with Crippen LogP contribution in [0.4, 0.5) is 17.6 Å². The van der Waals surface area contributed by atoms with Gasteiger partial charge >= 0.3 is 6.11 Å². The Bertz CT molecular complexity index is 284. The first-order valence-electron chi connectivity index (χ1n) is 7.17. The van der Waals surface area contributed by atoms with E-state index in [2.05, 4.69) is 6.92 Å². The molecule has 2 rings (SSSR count). The van der Waals surface area contributed by atoms with E-state index in [4.69, 9.17) is 5.11 Å². The lowest BCUT2D eigenvalue weighted by Crippen LogP contribution is -2.47. The van der Waals surface area contributed by atoms with E-state index in [1.807, 2.05) is 0 Å². The standard InChI is InChI=1S/C14H22F4O/c1-8-2-4-9(5-3-8)10-6-11(15)13(12(16)7-10)14(17,18)19/h8-13,19H,2-7H2,1H3. The molecule has 2 saturated carbocycles. The monoisotopic (exact) mass is 282 g/mol. The van der Waals surface area contributed by atoms with Gasteiger partial charge < -0.3 is 5.11 Å². The fraction of sp³-hybridized carbons (Fsp3) is 1.00. The average molecular weight is 282 g/mol. The van der Waals surface area contributed by atoms with Crippen LogP contribution < -0.4 is 0 Å². The van der Waals surface area contributed by atoms with Crippen LogP contribution in [0.2, 0.25) is 0 Å². The minimum Gasteiger partial charge on any atom is -0.336 e. The second-order valence-corrected chi connectivity index (χ2v) is 6.40. The number of alkyl halides is 4. The van der Waals surface area contributed by atoms with Crippen LogP contribution in [0.15, 0.2) is 0 Å². The molecule has 0 aliphatic heterocycles. The zero-order valence-electron chi connectivity index (χ0n) is 11.2. The van der Waals surface area contributed by atoms with Gasteiger partial charge in [-0.3, -0.25) is 0 Å². The lowest BCUT2D eigenvalue weighted by Gasteiger charge is -2.41. The number of rotatable bonds is 2. The van der Waals surface area contributed by atoms with Crippen molar-refractivity contribution in [3.05, 3.63) is 0 Å². The van der Waals surface area contributed by atoms with Crippen molar-refractivity contribution in [1.82, 2.24) is 0 Å². The maximum Gasteiger partial charge on any atom is 0.361 e. The van der Waals surface area contributed by atoms with Gasteiger partial charge in [-0.25, -0.2) is 8.78 Å². The van der Waals surface area contributed by atoms with Crippen LogP contribution in [-0.2, 0) is 0 Å². The van der Waals surface area contributed by atoms with Gasteiger partial charge in [-0.1, -0.05) is 19.8 Å². The molecular formula is C14H22F4O. The van der Waals surface area contributed by atoms with Crippen molar-refractivity contribution in [2.75, 3.05) is 0 Å². The Hall–Kier alpha value is -0.320. The maximum atomic E-state index is 13.8. The van der Waals surface area contributed by atoms with Gasteiger partial charge in [0.25, 0.3) is 0 Å². The Kier molecular flexibility index (Phi) is 4.43. The smallest absolute Gasteiger partial charge is 0.336 e. The van der Waals surface area contributed by atoms with Crippen LogP contribution in [0, 0.1) is 23.7 Å². The van der Waals surface area contributed by atoms with E-state index < -0.39 is 24.4 Å². The summed E-state index contributed by atoms with van der Waals surface area (Å²) < 4.78 is 53.2. The van der Waals surface area contributed by atoms with Crippen molar-refractivity contribution in [3.8, 4) is 0 Å². The van der Waals surface area contributed by atoms with Crippen LogP contribution in [0.5, 0.6) is 0 Å². The number of hydrogen-bond acceptors (Lipinski definition) is 1. The highest BCUT2D eigenvalue weighted by molar-refractivity contribution is 4.93. The molecule has 0 aromatic heterocycles. The quantitative estimate of drug-likeness (QED) is 0.756. The third kappa shape index (κ3) is 3.41. The molecule has 1 N–H and O–H groups in total. The Morgan fingerprint density at radius 1 is 0.895 bits per heavy atom. The molecular weight excluding hydrogens is 260 g/mol. The van der Waals surface area contributed by atoms with Gasteiger partial charge in [0.1, 0.15) is 18.3 Å². The second-order valence-electron chi connectivity index (χ2n) is 6.40. The Labute approximate surface area is 111 Å². The van der Waals surface area contributed by atoms with Gasteiger partial charge in [0, 0.05) is 0 Å². The molecule has 0 heterocycles. The molecule has 1 nitrogen and oxygen atoms in total. The molecule has 0 amide bonds. The summed E-state index contributed by atoms with van der Waals surface area (Å²) in [6, 6.07) is 0. The molecule has 0 spiro atoms. The summed E-state index contributed by atoms with van der Waals surface area (Å²) in [5, 5.41) is 8.60. The third-order valence-electron chi connectivity index (χ3n) is 4.96. The summed E-state index contributed by atoms with van der Waals surface area (Å²) in [5.74, 6) is -1.44. The third-order valence-corrected chi connectivity index (χ3v) is 4.96. The lowest BCUT2D eigenvalue weighted by atomic mass is 9.68. The van der Waals surface area contributed by atoms with Crippen LogP contribution in [0.3, 0.4) is 0 Å². The molecule has 0 bridgehead atoms. The topological polar surface area (TPSA) is 20.2 Å². The van der Waals surface area contributed by atoms with E-state index in [9.17, 15) is 17.6 Å². The Morgan fingerprint density at radius 3 is 1.79 bits per heavy atom. The normalized spacial score (nSPS) is 45.2. The van der Waals surface area contributed by atoms with E-state index in [0.717, 1.165) is 25.7 Å². The zero-order chi connectivity index (χ0) is 14.2. The second kappa shape index (κ2) is 5.58. The van der Waals surface area contributed by atoms with E-state index in [1.165, 1.54) is 0 Å². The first kappa shape index (κ1) is 15.1. The van der Waals surface area contributed by atoms with E-state index >= 15 is 0 Å². The molecule has 2 fully saturated rings. The minimum absolute atomic E-state index is 0.0414. The summed E-state index contributed by atoms with van der Waals surface area (Å²) in [4.78, 5) is 0. The molecule has 0 aromatic rings. The molecule has 19 heavy (non-hydrogen) atoms. The molecule has 2 aliphatic carbocycles. The molecule has 112 valence electrons. The van der Waals surface area contributed by atoms with Gasteiger partial charge in [-0.05, 0) is 43.4 Å². The summed E-state index contributed by atoms with van der Waals surface area (Å²) in [5.41, 5.74) is 0. The van der Waals surface area contributed by atoms with Gasteiger partial charge in [0.05, 0.1) is 0 Å². The van der Waals surface area contributed by atoms with Gasteiger partial charge in [-0.15, -0.1) is 0 Å². The molecule has 0 radical (unpaired) electrons. The van der Waals surface area contributed by atoms with E-state index in [-0.39, 0.29) is 24.7 Å². The van der Waals surface area contributed by atoms with E-state index in [0.29, 0.717) is 5.92 Å². The number of halogens is 4. The fourth-order valence-electron chi connectivity index (χ4n) is 3.77. The van der Waals surface area contributed by atoms with Crippen LogP contribution in [-0.4, -0.2) is 23.6 Å². The first-order valence-corrected chi connectivity index (χ1v) is 7.17. The van der Waals surface area contributed by atoms with Gasteiger partial charge in [0.15, 0.2) is 0 Å². The SMILES string of the molecule is CC1CCC(C2CC(F)C(C(O)(F)F)C(F)C2)CC1. The van der Waals surface area contributed by atoms with Crippen molar-refractivity contribution in [3.63, 3.8) is 0 Å². The van der Waals surface area contributed by atoms with Gasteiger partial charge in [-0.2, -0.15) is 8.78 Å². The Balaban J connectivity index is 1.97. The van der Waals surface area contributed by atoms with Crippen molar-refractivity contribution < 1.29 is 22.7 Å². The van der Waals surface area contributed by atoms with Crippen LogP contribution >= 0.6 is 0 Å². The highest BCUT2D eigenvalue weighted by atomic mass is 19.3. The average Bonchev–Trinajstić information content (AvgIpc) is 2.26. The maximum absolute atomic E-state index is 13.8. The van der Waals surface area contributed by atoms with Crippen molar-refractivity contribution in [2.24, 2.45) is 23.7 Å². The summed E-state index contributed by atoms with van der Waals surface area (Å²) in [6.45, 7) is 2.16. The van der Waals surface area contributed by atoms with Crippen LogP contribution in [0.25, 0.3) is 0 Å². The summed E-state index contributed by atoms with van der Waals surface area (Å²) in [6.07, 6.45) is -4.27. The van der Waals surface area contributed by atoms with Crippen LogP contribution in [0.1, 0.15) is 45.4 Å². The summed E-state index contributed by atoms with van der Waals surface area (Å²) in [7, 11) is 0. The lowest BCUT2D eigenvalue weighted by molar-refractivity contribution is -0.271. The predicted octanol–water partition coefficient (Wildman–Crippen LogP) is 4.10. The largest absolute Gasteiger partial charge is 0.361 e. The molecule has 5 heteroatoms. The Morgan fingerprint density at radius 2 is 1.37 bits per heavy atom. The highest BCUT2D eigenvalue weighted by Gasteiger charge is 2.53. The first-order chi connectivity index (χ1) is 8.79. The van der Waals surface area contributed by atoms with Crippen molar-refractivity contribution >= 4 is 0 Å². The summed E-state index contributed by atoms with van der Waals surface area (Å²) >= 11 is 0. The zero-order valence-corrected chi connectivity index (χ0v) is 11.2. The van der Waals surface area contributed by atoms with Gasteiger partial charge in [0.2, 0.25) is 0 Å². The number of hydrogen-bond donors (Lipinski definition) is 1. The van der Waals surface area contributed by atoms with Crippen molar-refractivity contribution in [2.45, 2.75) is 63.9 Å². The molecule has 2 unspecified atom stereocenters. The minimum atomic E-state index is -4.26. The fourth-order valence-corrected chi connectivity index (χ4v) is 3.77. The molecule has 2 aliphatic rings. The number of aliphatic hydroxyl groups is 1. The molecule has 0 saturated heterocycles. The highest BCUT2D eigenvalue weighted by Crippen LogP contribution is 2.46.